The van der Waals surface area contributed by atoms with E-state index in [0.29, 0.717) is 22.3 Å². The minimum atomic E-state index is -0.293. The lowest BCUT2D eigenvalue weighted by Gasteiger charge is -2.08. The zero-order valence-electron chi connectivity index (χ0n) is 11.7. The molecule has 1 aromatic heterocycles. The molecule has 0 spiro atoms. The van der Waals surface area contributed by atoms with Crippen LogP contribution in [0.15, 0.2) is 59.7 Å². The lowest BCUT2D eigenvalue weighted by Crippen LogP contribution is -2.27. The van der Waals surface area contributed by atoms with Crippen LogP contribution in [0.3, 0.4) is 0 Å². The van der Waals surface area contributed by atoms with E-state index in [-0.39, 0.29) is 18.0 Å². The molecule has 3 N–H and O–H groups in total. The molecule has 22 heavy (non-hydrogen) atoms. The number of nitrogens with two attached hydrogens (primary N) is 1. The molecule has 0 bridgehead atoms. The summed E-state index contributed by atoms with van der Waals surface area (Å²) in [7, 11) is 0. The van der Waals surface area contributed by atoms with Crippen molar-refractivity contribution in [1.82, 2.24) is 9.55 Å². The van der Waals surface area contributed by atoms with Crippen LogP contribution in [0, 0.1) is 0 Å². The molecule has 0 aliphatic carbocycles. The van der Waals surface area contributed by atoms with Gasteiger partial charge >= 0.3 is 0 Å². The first-order chi connectivity index (χ1) is 10.6. The zero-order chi connectivity index (χ0) is 15.5. The van der Waals surface area contributed by atoms with Crippen molar-refractivity contribution >= 4 is 28.2 Å². The number of carbonyl (C=O) groups excluding carboxylic acids is 1. The van der Waals surface area contributed by atoms with Gasteiger partial charge in [0.1, 0.15) is 6.54 Å². The standard InChI is InChI=1S/C16H14N4O2/c17-11-6-7-14-13(8-11)16(22)20(10-18-14)9-15(21)19-12-4-2-1-3-5-12/h1-8,10H,9,17H2,(H,19,21). The molecule has 1 amide bonds. The van der Waals surface area contributed by atoms with Crippen molar-refractivity contribution in [3.63, 3.8) is 0 Å². The molecular formula is C16H14N4O2. The summed E-state index contributed by atoms with van der Waals surface area (Å²) in [6, 6.07) is 14.0. The predicted molar refractivity (Wildman–Crippen MR) is 85.5 cm³/mol. The minimum absolute atomic E-state index is 0.106. The van der Waals surface area contributed by atoms with Gasteiger partial charge in [-0.05, 0) is 30.3 Å². The number of hydrogen-bond acceptors (Lipinski definition) is 4. The monoisotopic (exact) mass is 294 g/mol. The smallest absolute Gasteiger partial charge is 0.261 e. The molecule has 3 rings (SSSR count). The highest BCUT2D eigenvalue weighted by Gasteiger charge is 2.08. The maximum Gasteiger partial charge on any atom is 0.261 e. The van der Waals surface area contributed by atoms with Crippen molar-refractivity contribution in [2.24, 2.45) is 0 Å². The van der Waals surface area contributed by atoms with E-state index in [0.717, 1.165) is 0 Å². The number of amides is 1. The number of nitrogens with one attached hydrogen (secondary N) is 1. The molecule has 0 fully saturated rings. The van der Waals surface area contributed by atoms with Gasteiger partial charge in [-0.25, -0.2) is 4.98 Å². The molecule has 0 aliphatic rings. The molecule has 6 heteroatoms. The third kappa shape index (κ3) is 2.80. The second kappa shape index (κ2) is 5.69. The van der Waals surface area contributed by atoms with Crippen molar-refractivity contribution in [2.75, 3.05) is 11.1 Å². The molecule has 0 atom stereocenters. The fourth-order valence-corrected chi connectivity index (χ4v) is 2.17. The number of aromatic nitrogens is 2. The summed E-state index contributed by atoms with van der Waals surface area (Å²) in [6.07, 6.45) is 1.37. The first kappa shape index (κ1) is 13.8. The maximum atomic E-state index is 12.4. The van der Waals surface area contributed by atoms with Gasteiger partial charge in [0.05, 0.1) is 17.2 Å². The summed E-state index contributed by atoms with van der Waals surface area (Å²) in [5.74, 6) is -0.293. The number of nitrogens with zero attached hydrogens (tertiary/aromatic N) is 2. The highest BCUT2D eigenvalue weighted by molar-refractivity contribution is 5.90. The third-order valence-corrected chi connectivity index (χ3v) is 3.22. The highest BCUT2D eigenvalue weighted by atomic mass is 16.2. The molecular weight excluding hydrogens is 280 g/mol. The Bertz CT molecular complexity index is 888. The molecule has 6 nitrogen and oxygen atoms in total. The summed E-state index contributed by atoms with van der Waals surface area (Å²) in [6.45, 7) is -0.106. The molecule has 0 unspecified atom stereocenters. The van der Waals surface area contributed by atoms with Crippen LogP contribution in [0.25, 0.3) is 10.9 Å². The number of anilines is 2. The number of hydrogen-bond donors (Lipinski definition) is 2. The number of carbonyl (C=O) groups is 1. The second-order valence-electron chi connectivity index (χ2n) is 4.87. The van der Waals surface area contributed by atoms with Crippen molar-refractivity contribution in [3.05, 3.63) is 65.2 Å². The lowest BCUT2D eigenvalue weighted by molar-refractivity contribution is -0.116. The fourth-order valence-electron chi connectivity index (χ4n) is 2.17. The molecule has 110 valence electrons. The van der Waals surface area contributed by atoms with Gasteiger partial charge in [0.2, 0.25) is 5.91 Å². The molecule has 3 aromatic rings. The Balaban J connectivity index is 1.86. The molecule has 0 radical (unpaired) electrons. The Morgan fingerprint density at radius 1 is 1.18 bits per heavy atom. The van der Waals surface area contributed by atoms with E-state index in [9.17, 15) is 9.59 Å². The van der Waals surface area contributed by atoms with Gasteiger partial charge < -0.3 is 11.1 Å². The summed E-state index contributed by atoms with van der Waals surface area (Å²) in [4.78, 5) is 28.5. The lowest BCUT2D eigenvalue weighted by atomic mass is 10.2. The van der Waals surface area contributed by atoms with Crippen LogP contribution in [0.2, 0.25) is 0 Å². The number of benzene rings is 2. The average Bonchev–Trinajstić information content (AvgIpc) is 2.51. The van der Waals surface area contributed by atoms with Crippen LogP contribution in [0.5, 0.6) is 0 Å². The van der Waals surface area contributed by atoms with Gasteiger partial charge in [-0.1, -0.05) is 18.2 Å². The Kier molecular flexibility index (Phi) is 3.57. The Hall–Kier alpha value is -3.15. The van der Waals surface area contributed by atoms with Crippen LogP contribution >= 0.6 is 0 Å². The van der Waals surface area contributed by atoms with Gasteiger partial charge in [0.15, 0.2) is 0 Å². The van der Waals surface area contributed by atoms with Crippen molar-refractivity contribution in [3.8, 4) is 0 Å². The summed E-state index contributed by atoms with van der Waals surface area (Å²) in [5, 5.41) is 3.12. The second-order valence-corrected chi connectivity index (χ2v) is 4.87. The van der Waals surface area contributed by atoms with E-state index >= 15 is 0 Å². The maximum absolute atomic E-state index is 12.4. The number of nitrogen functional groups attached to an aromatic ring is 1. The topological polar surface area (TPSA) is 90.0 Å². The van der Waals surface area contributed by atoms with E-state index < -0.39 is 0 Å². The summed E-state index contributed by atoms with van der Waals surface area (Å²) >= 11 is 0. The van der Waals surface area contributed by atoms with Gasteiger partial charge in [-0.15, -0.1) is 0 Å². The van der Waals surface area contributed by atoms with Crippen molar-refractivity contribution in [1.29, 1.82) is 0 Å². The summed E-state index contributed by atoms with van der Waals surface area (Å²) in [5.41, 5.74) is 7.12. The Morgan fingerprint density at radius 3 is 2.73 bits per heavy atom. The van der Waals surface area contributed by atoms with Crippen molar-refractivity contribution in [2.45, 2.75) is 6.54 Å². The van der Waals surface area contributed by atoms with Gasteiger partial charge in [0, 0.05) is 11.4 Å². The highest BCUT2D eigenvalue weighted by Crippen LogP contribution is 2.11. The largest absolute Gasteiger partial charge is 0.399 e. The van der Waals surface area contributed by atoms with Gasteiger partial charge in [-0.2, -0.15) is 0 Å². The van der Waals surface area contributed by atoms with Crippen LogP contribution in [0.4, 0.5) is 11.4 Å². The van der Waals surface area contributed by atoms with E-state index in [2.05, 4.69) is 10.3 Å². The van der Waals surface area contributed by atoms with E-state index in [4.69, 9.17) is 5.73 Å². The first-order valence-corrected chi connectivity index (χ1v) is 6.73. The average molecular weight is 294 g/mol. The molecule has 0 saturated heterocycles. The van der Waals surface area contributed by atoms with E-state index in [1.54, 1.807) is 30.3 Å². The quantitative estimate of drug-likeness (QED) is 0.718. The van der Waals surface area contributed by atoms with Crippen LogP contribution in [-0.4, -0.2) is 15.5 Å². The predicted octanol–water partition coefficient (Wildman–Crippen LogP) is 1.62. The van der Waals surface area contributed by atoms with Crippen LogP contribution in [0.1, 0.15) is 0 Å². The van der Waals surface area contributed by atoms with E-state index in [1.165, 1.54) is 10.9 Å². The minimum Gasteiger partial charge on any atom is -0.399 e. The third-order valence-electron chi connectivity index (χ3n) is 3.22. The molecule has 2 aromatic carbocycles. The van der Waals surface area contributed by atoms with Crippen LogP contribution < -0.4 is 16.6 Å². The summed E-state index contributed by atoms with van der Waals surface area (Å²) < 4.78 is 1.26. The Morgan fingerprint density at radius 2 is 1.95 bits per heavy atom. The molecule has 0 saturated carbocycles. The Labute approximate surface area is 126 Å². The molecule has 0 aliphatic heterocycles. The van der Waals surface area contributed by atoms with Crippen LogP contribution in [-0.2, 0) is 11.3 Å². The molecule has 1 heterocycles. The van der Waals surface area contributed by atoms with E-state index in [1.807, 2.05) is 18.2 Å². The number of fused-ring (bicyclic) bond motifs is 1. The van der Waals surface area contributed by atoms with Gasteiger partial charge in [-0.3, -0.25) is 14.2 Å². The number of rotatable bonds is 3. The van der Waals surface area contributed by atoms with Crippen molar-refractivity contribution < 1.29 is 4.79 Å². The first-order valence-electron chi connectivity index (χ1n) is 6.73. The number of para-hydroxylation sites is 1. The SMILES string of the molecule is Nc1ccc2ncn(CC(=O)Nc3ccccc3)c(=O)c2c1. The van der Waals surface area contributed by atoms with Gasteiger partial charge in [0.25, 0.3) is 5.56 Å². The fraction of sp³-hybridized carbons (Fsp3) is 0.0625. The zero-order valence-corrected chi connectivity index (χ0v) is 11.7. The normalized spacial score (nSPS) is 10.5.